The summed E-state index contributed by atoms with van der Waals surface area (Å²) in [5, 5.41) is 16.4. The Labute approximate surface area is 296 Å². The van der Waals surface area contributed by atoms with E-state index in [9.17, 15) is 32.7 Å². The van der Waals surface area contributed by atoms with E-state index in [1.807, 2.05) is 19.1 Å². The van der Waals surface area contributed by atoms with Crippen molar-refractivity contribution in [2.75, 3.05) is 13.7 Å². The number of sulfonamides is 1. The minimum atomic E-state index is -4.01. The van der Waals surface area contributed by atoms with Crippen molar-refractivity contribution in [2.24, 2.45) is 5.92 Å². The topological polar surface area (TPSA) is 203 Å². The first-order valence-electron chi connectivity index (χ1n) is 17.3. The molecule has 2 aliphatic heterocycles. The number of methoxy groups -OCH3 is 1. The molecule has 0 radical (unpaired) electrons. The van der Waals surface area contributed by atoms with E-state index in [4.69, 9.17) is 14.2 Å². The molecule has 0 bridgehead atoms. The number of pyridine rings is 1. The predicted octanol–water partition coefficient (Wildman–Crippen LogP) is 2.64. The van der Waals surface area contributed by atoms with Gasteiger partial charge in [0, 0.05) is 23.9 Å². The second kappa shape index (κ2) is 13.9. The van der Waals surface area contributed by atoms with Crippen molar-refractivity contribution in [1.29, 1.82) is 0 Å². The predicted molar refractivity (Wildman–Crippen MR) is 184 cm³/mol. The zero-order chi connectivity index (χ0) is 36.7. The number of nitrogens with one attached hydrogen (secondary N) is 3. The van der Waals surface area contributed by atoms with Gasteiger partial charge < -0.3 is 34.9 Å². The number of fused-ring (bicyclic) bond motifs is 3. The van der Waals surface area contributed by atoms with Crippen LogP contribution in [0.4, 0.5) is 4.79 Å². The van der Waals surface area contributed by atoms with Gasteiger partial charge in [0.25, 0.3) is 5.91 Å². The number of benzene rings is 1. The highest BCUT2D eigenvalue weighted by molar-refractivity contribution is 7.91. The number of nitrogens with zero attached hydrogens (tertiary/aromatic N) is 2. The average Bonchev–Trinajstić information content (AvgIpc) is 3.97. The van der Waals surface area contributed by atoms with Crippen LogP contribution in [0.1, 0.15) is 65.7 Å². The third kappa shape index (κ3) is 7.34. The van der Waals surface area contributed by atoms with Crippen LogP contribution >= 0.6 is 0 Å². The summed E-state index contributed by atoms with van der Waals surface area (Å²) in [5.41, 5.74) is -1.57. The number of carbonyl (C=O) groups is 4. The van der Waals surface area contributed by atoms with E-state index in [2.05, 4.69) is 20.3 Å². The van der Waals surface area contributed by atoms with Gasteiger partial charge in [-0.1, -0.05) is 19.1 Å². The highest BCUT2D eigenvalue weighted by atomic mass is 32.2. The molecule has 7 atom stereocenters. The van der Waals surface area contributed by atoms with Gasteiger partial charge in [0.05, 0.1) is 30.6 Å². The normalized spacial score (nSPS) is 31.2. The zero-order valence-corrected chi connectivity index (χ0v) is 29.9. The zero-order valence-electron chi connectivity index (χ0n) is 29.1. The van der Waals surface area contributed by atoms with Crippen molar-refractivity contribution in [3.05, 3.63) is 42.6 Å². The minimum absolute atomic E-state index is 0.0196. The van der Waals surface area contributed by atoms with Crippen molar-refractivity contribution in [1.82, 2.24) is 25.2 Å². The van der Waals surface area contributed by atoms with Gasteiger partial charge in [-0.05, 0) is 82.0 Å². The molecular formula is C35H45N5O10S. The van der Waals surface area contributed by atoms with Gasteiger partial charge in [-0.15, -0.1) is 0 Å². The molecule has 2 aromatic rings. The Bertz CT molecular complexity index is 1850. The fourth-order valence-electron chi connectivity index (χ4n) is 6.94. The van der Waals surface area contributed by atoms with E-state index in [0.29, 0.717) is 43.2 Å². The Balaban J connectivity index is 1.35. The first kappa shape index (κ1) is 36.4. The number of rotatable bonds is 8. The Morgan fingerprint density at radius 3 is 2.67 bits per heavy atom. The van der Waals surface area contributed by atoms with Gasteiger partial charge in [-0.25, -0.2) is 18.2 Å². The number of allylic oxidation sites excluding steroid dienone is 1. The first-order valence-corrected chi connectivity index (χ1v) is 18.8. The van der Waals surface area contributed by atoms with E-state index in [1.165, 1.54) is 4.90 Å². The third-order valence-corrected chi connectivity index (χ3v) is 12.7. The highest BCUT2D eigenvalue weighted by Crippen LogP contribution is 2.47. The molecule has 3 heterocycles. The van der Waals surface area contributed by atoms with Crippen LogP contribution < -0.4 is 24.8 Å². The quantitative estimate of drug-likeness (QED) is 0.291. The van der Waals surface area contributed by atoms with Crippen molar-refractivity contribution in [3.8, 4) is 11.6 Å². The lowest BCUT2D eigenvalue weighted by atomic mass is 10.0. The molecule has 2 aliphatic carbocycles. The highest BCUT2D eigenvalue weighted by Gasteiger charge is 2.63. The van der Waals surface area contributed by atoms with Crippen molar-refractivity contribution in [2.45, 2.75) is 106 Å². The van der Waals surface area contributed by atoms with Gasteiger partial charge in [0.15, 0.2) is 0 Å². The molecule has 4 aliphatic rings. The van der Waals surface area contributed by atoms with Crippen LogP contribution in [0.3, 0.4) is 0 Å². The van der Waals surface area contributed by atoms with Crippen molar-refractivity contribution in [3.63, 3.8) is 0 Å². The van der Waals surface area contributed by atoms with E-state index in [1.54, 1.807) is 51.4 Å². The van der Waals surface area contributed by atoms with Crippen LogP contribution in [0.2, 0.25) is 0 Å². The Morgan fingerprint density at radius 1 is 1.22 bits per heavy atom. The molecule has 3 fully saturated rings. The lowest BCUT2D eigenvalue weighted by Gasteiger charge is -2.33. The molecule has 0 unspecified atom stereocenters. The fourth-order valence-corrected chi connectivity index (χ4v) is 8.25. The number of hydrogen-bond donors (Lipinski definition) is 4. The van der Waals surface area contributed by atoms with Gasteiger partial charge >= 0.3 is 6.09 Å². The van der Waals surface area contributed by atoms with Gasteiger partial charge in [-0.2, -0.15) is 0 Å². The molecule has 16 heteroatoms. The van der Waals surface area contributed by atoms with Crippen LogP contribution in [0, 0.1) is 5.92 Å². The molecule has 2 saturated carbocycles. The summed E-state index contributed by atoms with van der Waals surface area (Å²) >= 11 is 0. The second-order valence-electron chi connectivity index (χ2n) is 14.2. The Kier molecular flexibility index (Phi) is 9.94. The number of aromatic nitrogens is 1. The van der Waals surface area contributed by atoms with Crippen LogP contribution in [0.5, 0.6) is 11.6 Å². The third-order valence-electron chi connectivity index (χ3n) is 10.5. The first-order chi connectivity index (χ1) is 24.2. The van der Waals surface area contributed by atoms with Crippen molar-refractivity contribution < 1.29 is 46.9 Å². The monoisotopic (exact) mass is 727 g/mol. The Hall–Kier alpha value is -4.44. The number of amides is 4. The number of carbonyl (C=O) groups excluding carboxylic acids is 3. The van der Waals surface area contributed by atoms with Crippen LogP contribution in [-0.2, 0) is 29.1 Å². The molecule has 0 spiro atoms. The molecule has 276 valence electrons. The lowest BCUT2D eigenvalue weighted by Crippen LogP contribution is -2.60. The maximum absolute atomic E-state index is 14.4. The summed E-state index contributed by atoms with van der Waals surface area (Å²) < 4.78 is 45.2. The van der Waals surface area contributed by atoms with E-state index in [0.717, 1.165) is 5.39 Å². The smallest absolute Gasteiger partial charge is 0.405 e. The van der Waals surface area contributed by atoms with Crippen LogP contribution in [-0.4, -0.2) is 102 Å². The summed E-state index contributed by atoms with van der Waals surface area (Å²) in [6, 6.07) is 4.60. The molecule has 6 rings (SSSR count). The largest absolute Gasteiger partial charge is 0.497 e. The minimum Gasteiger partial charge on any atom is -0.497 e. The van der Waals surface area contributed by atoms with Gasteiger partial charge in [0.1, 0.15) is 29.5 Å². The van der Waals surface area contributed by atoms with E-state index in [-0.39, 0.29) is 31.4 Å². The SMILES string of the molecule is CC[C@@H]1O[C@H](C)CC/C=C\[C@@H]2C[C@@]2(C(=O)NS(=O)(=O)C2(C)CC2)NC(=O)[C@@H]2C[C@@H](Oc3nccc4cc(OC)ccc34)CN2C(=O)[C@H]1NC(=O)O. The molecule has 4 amide bonds. The lowest BCUT2D eigenvalue weighted by molar-refractivity contribution is -0.145. The maximum Gasteiger partial charge on any atom is 0.405 e. The standard InChI is InChI=1S/C35H45N5O10S/c1-5-27-28(37-33(44)45)31(42)40-19-24(50-30-25-11-10-23(48-4)16-21(25)12-15-36-30)17-26(40)29(41)38-35(18-22(35)9-7-6-8-20(2)49-27)32(43)39-51(46,47)34(3)13-14-34/h7,9-12,15-16,20,22,24,26-28,37H,5-6,8,13-14,17-19H2,1-4H3,(H,38,41)(H,39,43)(H,44,45)/b9-7-/t20-,22-,24-,26+,27+,28+,35-/m1/s1. The fraction of sp³-hybridized carbons (Fsp3) is 0.571. The van der Waals surface area contributed by atoms with Crippen LogP contribution in [0.15, 0.2) is 42.6 Å². The van der Waals surface area contributed by atoms with E-state index < -0.39 is 74.3 Å². The molecule has 15 nitrogen and oxygen atoms in total. The molecule has 1 aromatic carbocycles. The number of hydrogen-bond acceptors (Lipinski definition) is 10. The van der Waals surface area contributed by atoms with Gasteiger partial charge in [-0.3, -0.25) is 19.1 Å². The summed E-state index contributed by atoms with van der Waals surface area (Å²) in [6.07, 6.45) is 4.14. The number of ether oxygens (including phenoxy) is 3. The summed E-state index contributed by atoms with van der Waals surface area (Å²) in [7, 11) is -2.45. The molecule has 4 N–H and O–H groups in total. The Morgan fingerprint density at radius 2 is 1.98 bits per heavy atom. The second-order valence-corrected chi connectivity index (χ2v) is 16.4. The summed E-state index contributed by atoms with van der Waals surface area (Å²) in [4.78, 5) is 60.1. The maximum atomic E-state index is 14.4. The molecule has 51 heavy (non-hydrogen) atoms. The van der Waals surface area contributed by atoms with Crippen LogP contribution in [0.25, 0.3) is 10.8 Å². The number of carboxylic acid groups (broad SMARTS) is 1. The molecular weight excluding hydrogens is 682 g/mol. The summed E-state index contributed by atoms with van der Waals surface area (Å²) in [6.45, 7) is 5.07. The van der Waals surface area contributed by atoms with Crippen molar-refractivity contribution >= 4 is 44.6 Å². The summed E-state index contributed by atoms with van der Waals surface area (Å²) in [5.74, 6) is -1.82. The average molecular weight is 728 g/mol. The molecule has 1 aromatic heterocycles. The van der Waals surface area contributed by atoms with E-state index >= 15 is 0 Å². The van der Waals surface area contributed by atoms with Gasteiger partial charge in [0.2, 0.25) is 27.7 Å². The molecule has 1 saturated heterocycles.